The molecular weight excluding hydrogens is 352 g/mol. The molecule has 2 saturated heterocycles. The Balaban J connectivity index is 1.86. The van der Waals surface area contributed by atoms with Gasteiger partial charge in [0.1, 0.15) is 5.76 Å². The fourth-order valence-electron chi connectivity index (χ4n) is 4.30. The number of carbonyl (C=O) groups is 2. The van der Waals surface area contributed by atoms with E-state index in [4.69, 9.17) is 21.1 Å². The minimum absolute atomic E-state index is 0.0178. The van der Waals surface area contributed by atoms with Gasteiger partial charge < -0.3 is 9.47 Å². The lowest BCUT2D eigenvalue weighted by Gasteiger charge is -2.24. The van der Waals surface area contributed by atoms with Crippen LogP contribution < -0.4 is 0 Å². The lowest BCUT2D eigenvalue weighted by atomic mass is 9.80. The molecule has 5 heteroatoms. The lowest BCUT2D eigenvalue weighted by Crippen LogP contribution is -2.31. The SMILES string of the molecule is Cc1ccc(Cl)cc1C1=C(OC(=O)C(C)(C)C)[C@H]2[C@@H](C1=O)[C@@H]1CC[C@H]2O1. The van der Waals surface area contributed by atoms with E-state index >= 15 is 0 Å². The number of ketones is 1. The van der Waals surface area contributed by atoms with Gasteiger partial charge in [0.05, 0.1) is 35.0 Å². The van der Waals surface area contributed by atoms with Crippen LogP contribution >= 0.6 is 11.6 Å². The Kier molecular flexibility index (Phi) is 4.05. The van der Waals surface area contributed by atoms with Gasteiger partial charge in [-0.1, -0.05) is 17.7 Å². The Morgan fingerprint density at radius 3 is 2.50 bits per heavy atom. The zero-order chi connectivity index (χ0) is 18.8. The number of hydrogen-bond acceptors (Lipinski definition) is 4. The van der Waals surface area contributed by atoms with Crippen molar-refractivity contribution in [3.63, 3.8) is 0 Å². The molecule has 2 aliphatic heterocycles. The highest BCUT2D eigenvalue weighted by Crippen LogP contribution is 2.55. The van der Waals surface area contributed by atoms with Gasteiger partial charge in [0.15, 0.2) is 5.78 Å². The highest BCUT2D eigenvalue weighted by molar-refractivity contribution is 6.32. The van der Waals surface area contributed by atoms with Crippen LogP contribution in [0.25, 0.3) is 5.57 Å². The van der Waals surface area contributed by atoms with Gasteiger partial charge in [-0.3, -0.25) is 9.59 Å². The molecule has 0 aromatic heterocycles. The average molecular weight is 375 g/mol. The third-order valence-electron chi connectivity index (χ3n) is 5.66. The quantitative estimate of drug-likeness (QED) is 0.723. The third-order valence-corrected chi connectivity index (χ3v) is 5.89. The molecule has 2 fully saturated rings. The summed E-state index contributed by atoms with van der Waals surface area (Å²) in [5.41, 5.74) is 1.56. The average Bonchev–Trinajstić information content (AvgIpc) is 3.23. The van der Waals surface area contributed by atoms with Crippen molar-refractivity contribution < 1.29 is 19.1 Å². The summed E-state index contributed by atoms with van der Waals surface area (Å²) >= 11 is 6.19. The van der Waals surface area contributed by atoms with E-state index in [9.17, 15) is 9.59 Å². The van der Waals surface area contributed by atoms with Gasteiger partial charge >= 0.3 is 5.97 Å². The molecule has 0 spiro atoms. The first-order valence-corrected chi connectivity index (χ1v) is 9.49. The molecule has 1 aromatic rings. The van der Waals surface area contributed by atoms with Crippen LogP contribution in [0.2, 0.25) is 5.02 Å². The molecule has 1 aromatic carbocycles. The van der Waals surface area contributed by atoms with Gasteiger partial charge in [0.25, 0.3) is 0 Å². The van der Waals surface area contributed by atoms with Crippen molar-refractivity contribution in [2.24, 2.45) is 17.3 Å². The number of esters is 1. The Labute approximate surface area is 158 Å². The summed E-state index contributed by atoms with van der Waals surface area (Å²) in [6.07, 6.45) is 1.67. The maximum absolute atomic E-state index is 13.3. The van der Waals surface area contributed by atoms with Crippen molar-refractivity contribution in [1.29, 1.82) is 0 Å². The van der Waals surface area contributed by atoms with Crippen LogP contribution in [0.1, 0.15) is 44.7 Å². The van der Waals surface area contributed by atoms with Gasteiger partial charge in [0.2, 0.25) is 0 Å². The standard InChI is InChI=1S/C21H23ClO4/c1-10-5-6-11(22)9-12(10)15-18(23)16-13-7-8-14(25-13)17(16)19(15)26-20(24)21(2,3)4/h5-6,9,13-14,16-17H,7-8H2,1-4H3/t13-,14+,16-,17+/m0/s1. The van der Waals surface area contributed by atoms with Gasteiger partial charge in [0, 0.05) is 5.02 Å². The highest BCUT2D eigenvalue weighted by atomic mass is 35.5. The number of hydrogen-bond donors (Lipinski definition) is 0. The predicted octanol–water partition coefficient (Wildman–Crippen LogP) is 4.33. The number of Topliss-reactive ketones (excluding diaryl/α,β-unsaturated/α-hetero) is 1. The minimum atomic E-state index is -0.652. The topological polar surface area (TPSA) is 52.6 Å². The number of halogens is 1. The fourth-order valence-corrected chi connectivity index (χ4v) is 4.47. The lowest BCUT2D eigenvalue weighted by molar-refractivity contribution is -0.149. The summed E-state index contributed by atoms with van der Waals surface area (Å²) in [7, 11) is 0. The fraction of sp³-hybridized carbons (Fsp3) is 0.524. The summed E-state index contributed by atoms with van der Waals surface area (Å²) < 4.78 is 11.8. The van der Waals surface area contributed by atoms with E-state index < -0.39 is 5.41 Å². The summed E-state index contributed by atoms with van der Waals surface area (Å²) in [5.74, 6) is -0.242. The van der Waals surface area contributed by atoms with Gasteiger partial charge in [-0.2, -0.15) is 0 Å². The Morgan fingerprint density at radius 2 is 1.85 bits per heavy atom. The van der Waals surface area contributed by atoms with E-state index in [1.54, 1.807) is 12.1 Å². The molecule has 2 heterocycles. The number of carbonyl (C=O) groups excluding carboxylic acids is 2. The summed E-state index contributed by atoms with van der Waals surface area (Å²) in [6.45, 7) is 7.37. The van der Waals surface area contributed by atoms with Crippen molar-refractivity contribution in [2.45, 2.75) is 52.7 Å². The monoisotopic (exact) mass is 374 g/mol. The molecule has 0 unspecified atom stereocenters. The molecule has 0 N–H and O–H groups in total. The van der Waals surface area contributed by atoms with E-state index in [0.29, 0.717) is 16.4 Å². The number of fused-ring (bicyclic) bond motifs is 5. The Morgan fingerprint density at radius 1 is 1.19 bits per heavy atom. The second-order valence-electron chi connectivity index (χ2n) is 8.54. The zero-order valence-corrected chi connectivity index (χ0v) is 16.2. The maximum Gasteiger partial charge on any atom is 0.316 e. The van der Waals surface area contributed by atoms with Crippen LogP contribution in [0.5, 0.6) is 0 Å². The van der Waals surface area contributed by atoms with E-state index in [2.05, 4.69) is 0 Å². The Bertz CT molecular complexity index is 833. The van der Waals surface area contributed by atoms with Crippen LogP contribution in [0, 0.1) is 24.2 Å². The smallest absolute Gasteiger partial charge is 0.316 e. The molecule has 2 bridgehead atoms. The maximum atomic E-state index is 13.3. The van der Waals surface area contributed by atoms with E-state index in [1.807, 2.05) is 33.8 Å². The van der Waals surface area contributed by atoms with Crippen molar-refractivity contribution in [3.8, 4) is 0 Å². The van der Waals surface area contributed by atoms with E-state index in [1.165, 1.54) is 0 Å². The predicted molar refractivity (Wildman–Crippen MR) is 98.5 cm³/mol. The summed E-state index contributed by atoms with van der Waals surface area (Å²) in [5, 5.41) is 0.559. The van der Waals surface area contributed by atoms with Crippen molar-refractivity contribution in [3.05, 3.63) is 40.1 Å². The first kappa shape index (κ1) is 17.7. The number of ether oxygens (including phenoxy) is 2. The largest absolute Gasteiger partial charge is 0.429 e. The van der Waals surface area contributed by atoms with Crippen LogP contribution in [0.15, 0.2) is 24.0 Å². The van der Waals surface area contributed by atoms with Crippen LogP contribution in [-0.2, 0) is 19.1 Å². The summed E-state index contributed by atoms with van der Waals surface area (Å²) in [6, 6.07) is 5.48. The van der Waals surface area contributed by atoms with Gasteiger partial charge in [-0.05, 0) is 63.8 Å². The van der Waals surface area contributed by atoms with Crippen LogP contribution in [-0.4, -0.2) is 24.0 Å². The number of rotatable bonds is 2. The molecule has 0 radical (unpaired) electrons. The molecule has 1 aliphatic carbocycles. The number of benzene rings is 1. The van der Waals surface area contributed by atoms with Crippen molar-refractivity contribution >= 4 is 28.9 Å². The van der Waals surface area contributed by atoms with Gasteiger partial charge in [-0.25, -0.2) is 0 Å². The molecule has 3 aliphatic rings. The van der Waals surface area contributed by atoms with Gasteiger partial charge in [-0.15, -0.1) is 0 Å². The Hall–Kier alpha value is -1.65. The molecule has 4 atom stereocenters. The molecular formula is C21H23ClO4. The van der Waals surface area contributed by atoms with E-state index in [0.717, 1.165) is 24.0 Å². The van der Waals surface area contributed by atoms with Crippen LogP contribution in [0.3, 0.4) is 0 Å². The molecule has 138 valence electrons. The third kappa shape index (κ3) is 2.62. The molecule has 0 amide bonds. The first-order valence-electron chi connectivity index (χ1n) is 9.11. The number of aryl methyl sites for hydroxylation is 1. The minimum Gasteiger partial charge on any atom is -0.429 e. The normalized spacial score (nSPS) is 30.1. The zero-order valence-electron chi connectivity index (χ0n) is 15.5. The molecule has 4 nitrogen and oxygen atoms in total. The second-order valence-corrected chi connectivity index (χ2v) is 8.98. The summed E-state index contributed by atoms with van der Waals surface area (Å²) in [4.78, 5) is 25.9. The molecule has 4 rings (SSSR count). The second kappa shape index (κ2) is 5.93. The van der Waals surface area contributed by atoms with Crippen molar-refractivity contribution in [1.82, 2.24) is 0 Å². The number of allylic oxidation sites excluding steroid dienone is 1. The van der Waals surface area contributed by atoms with Crippen LogP contribution in [0.4, 0.5) is 0 Å². The van der Waals surface area contributed by atoms with Crippen molar-refractivity contribution in [2.75, 3.05) is 0 Å². The highest BCUT2D eigenvalue weighted by Gasteiger charge is 2.60. The molecule has 26 heavy (non-hydrogen) atoms. The first-order chi connectivity index (χ1) is 12.2. The van der Waals surface area contributed by atoms with E-state index in [-0.39, 0.29) is 35.8 Å². The molecule has 0 saturated carbocycles.